The highest BCUT2D eigenvalue weighted by Gasteiger charge is 2.18. The third kappa shape index (κ3) is 3.09. The van der Waals surface area contributed by atoms with Gasteiger partial charge in [0.1, 0.15) is 11.8 Å². The second-order valence-electron chi connectivity index (χ2n) is 3.17. The number of aliphatic hydroxyl groups is 2. The lowest BCUT2D eigenvalue weighted by atomic mass is 10.1. The monoisotopic (exact) mass is 273 g/mol. The van der Waals surface area contributed by atoms with Gasteiger partial charge in [-0.25, -0.2) is 4.98 Å². The van der Waals surface area contributed by atoms with Gasteiger partial charge in [0, 0.05) is 12.3 Å². The van der Waals surface area contributed by atoms with E-state index in [1.54, 1.807) is 18.2 Å². The van der Waals surface area contributed by atoms with E-state index in [0.29, 0.717) is 5.69 Å². The molecule has 0 aliphatic heterocycles. The molecule has 2 atom stereocenters. The van der Waals surface area contributed by atoms with Gasteiger partial charge in [-0.05, 0) is 12.1 Å². The van der Waals surface area contributed by atoms with Crippen LogP contribution in [0.25, 0.3) is 0 Å². The van der Waals surface area contributed by atoms with E-state index < -0.39 is 12.2 Å². The second-order valence-corrected chi connectivity index (χ2v) is 3.82. The Labute approximate surface area is 96.1 Å². The molecule has 82 valence electrons. The summed E-state index contributed by atoms with van der Waals surface area (Å²) >= 11 is 3.06. The summed E-state index contributed by atoms with van der Waals surface area (Å²) in [7, 11) is 0. The van der Waals surface area contributed by atoms with Crippen molar-refractivity contribution < 1.29 is 15.0 Å². The molecule has 0 aliphatic carbocycles. The Kier molecular flexibility index (Phi) is 4.38. The summed E-state index contributed by atoms with van der Waals surface area (Å²) in [6, 6.07) is 4.77. The quantitative estimate of drug-likeness (QED) is 0.636. The Morgan fingerprint density at radius 1 is 1.53 bits per heavy atom. The van der Waals surface area contributed by atoms with Crippen molar-refractivity contribution in [2.45, 2.75) is 19.1 Å². The number of aromatic nitrogens is 1. The van der Waals surface area contributed by atoms with Crippen LogP contribution < -0.4 is 0 Å². The number of alkyl halides is 1. The van der Waals surface area contributed by atoms with E-state index in [2.05, 4.69) is 20.9 Å². The van der Waals surface area contributed by atoms with Crippen LogP contribution in [0.1, 0.15) is 29.2 Å². The fourth-order valence-corrected chi connectivity index (χ4v) is 1.45. The number of aliphatic hydroxyl groups excluding tert-OH is 2. The maximum atomic E-state index is 11.0. The zero-order chi connectivity index (χ0) is 11.4. The second kappa shape index (κ2) is 5.34. The normalized spacial score (nSPS) is 14.7. The minimum atomic E-state index is -1.08. The van der Waals surface area contributed by atoms with Gasteiger partial charge >= 0.3 is 0 Å². The van der Waals surface area contributed by atoms with Crippen molar-refractivity contribution in [1.29, 1.82) is 0 Å². The molecule has 0 bridgehead atoms. The van der Waals surface area contributed by atoms with Crippen LogP contribution in [0.3, 0.4) is 0 Å². The number of halogens is 1. The summed E-state index contributed by atoms with van der Waals surface area (Å²) in [4.78, 5) is 15.0. The van der Waals surface area contributed by atoms with E-state index in [1.807, 2.05) is 0 Å². The molecule has 0 aliphatic rings. The van der Waals surface area contributed by atoms with Gasteiger partial charge in [-0.1, -0.05) is 22.0 Å². The molecule has 0 fully saturated rings. The fraction of sp³-hybridized carbons (Fsp3) is 0.400. The van der Waals surface area contributed by atoms with Crippen LogP contribution in [0.4, 0.5) is 0 Å². The first kappa shape index (κ1) is 12.3. The molecule has 2 unspecified atom stereocenters. The van der Waals surface area contributed by atoms with E-state index in [-0.39, 0.29) is 16.8 Å². The van der Waals surface area contributed by atoms with Crippen molar-refractivity contribution in [3.8, 4) is 0 Å². The van der Waals surface area contributed by atoms with Gasteiger partial charge in [-0.15, -0.1) is 0 Å². The molecule has 0 saturated heterocycles. The number of rotatable bonds is 4. The molecule has 0 spiro atoms. The molecule has 0 aromatic carbocycles. The van der Waals surface area contributed by atoms with Crippen molar-refractivity contribution in [3.63, 3.8) is 0 Å². The molecular formula is C10H12BrNO3. The molecule has 1 aromatic rings. The number of hydrogen-bond donors (Lipinski definition) is 2. The summed E-state index contributed by atoms with van der Waals surface area (Å²) in [5.41, 5.74) is 0.586. The lowest BCUT2D eigenvalue weighted by Gasteiger charge is -2.15. The average Bonchev–Trinajstić information content (AvgIpc) is 2.27. The van der Waals surface area contributed by atoms with Crippen molar-refractivity contribution in [2.24, 2.45) is 0 Å². The minimum absolute atomic E-state index is 0.169. The Morgan fingerprint density at radius 3 is 2.73 bits per heavy atom. The summed E-state index contributed by atoms with van der Waals surface area (Å²) in [5.74, 6) is -0.169. The Morgan fingerprint density at radius 2 is 2.20 bits per heavy atom. The zero-order valence-electron chi connectivity index (χ0n) is 8.22. The van der Waals surface area contributed by atoms with Crippen molar-refractivity contribution in [1.82, 2.24) is 4.98 Å². The number of hydrogen-bond acceptors (Lipinski definition) is 4. The number of Topliss-reactive ketones (excluding diaryl/α,β-unsaturated/α-hetero) is 1. The largest absolute Gasteiger partial charge is 0.389 e. The standard InChI is InChI=1S/C10H12BrNO3/c1-6(13)7-3-2-4-8(12-7)10(15)9(14)5-11/h2-4,9-10,14-15H,5H2,1H3. The van der Waals surface area contributed by atoms with Crippen molar-refractivity contribution in [3.05, 3.63) is 29.6 Å². The van der Waals surface area contributed by atoms with Crippen LogP contribution in [0.5, 0.6) is 0 Å². The average molecular weight is 274 g/mol. The first-order chi connectivity index (χ1) is 7.06. The van der Waals surface area contributed by atoms with Gasteiger partial charge in [0.2, 0.25) is 0 Å². The molecule has 5 heteroatoms. The predicted octanol–water partition coefficient (Wildman–Crippen LogP) is 1.07. The molecule has 1 heterocycles. The van der Waals surface area contributed by atoms with Crippen LogP contribution in [-0.2, 0) is 0 Å². The van der Waals surface area contributed by atoms with Crippen molar-refractivity contribution in [2.75, 3.05) is 5.33 Å². The van der Waals surface area contributed by atoms with Gasteiger partial charge in [0.25, 0.3) is 0 Å². The highest BCUT2D eigenvalue weighted by Crippen LogP contribution is 2.16. The van der Waals surface area contributed by atoms with Crippen molar-refractivity contribution >= 4 is 21.7 Å². The van der Waals surface area contributed by atoms with E-state index in [1.165, 1.54) is 6.92 Å². The third-order valence-corrected chi connectivity index (χ3v) is 2.62. The molecule has 0 saturated carbocycles. The first-order valence-electron chi connectivity index (χ1n) is 4.46. The maximum absolute atomic E-state index is 11.0. The van der Waals surface area contributed by atoms with E-state index >= 15 is 0 Å². The minimum Gasteiger partial charge on any atom is -0.389 e. The van der Waals surface area contributed by atoms with Crippen LogP contribution in [0.2, 0.25) is 0 Å². The number of pyridine rings is 1. The predicted molar refractivity (Wildman–Crippen MR) is 59.0 cm³/mol. The molecule has 1 aromatic heterocycles. The molecule has 1 rings (SSSR count). The Bertz CT molecular complexity index is 356. The summed E-state index contributed by atoms with van der Waals surface area (Å²) in [5, 5.41) is 19.3. The highest BCUT2D eigenvalue weighted by atomic mass is 79.9. The number of carbonyl (C=O) groups excluding carboxylic acids is 1. The molecule has 2 N–H and O–H groups in total. The van der Waals surface area contributed by atoms with E-state index in [4.69, 9.17) is 0 Å². The van der Waals surface area contributed by atoms with Crippen LogP contribution in [0.15, 0.2) is 18.2 Å². The van der Waals surface area contributed by atoms with Gasteiger partial charge in [-0.3, -0.25) is 4.79 Å². The summed E-state index contributed by atoms with van der Waals surface area (Å²) in [6.45, 7) is 1.40. The molecular weight excluding hydrogens is 262 g/mol. The molecule has 4 nitrogen and oxygen atoms in total. The van der Waals surface area contributed by atoms with Crippen LogP contribution in [-0.4, -0.2) is 32.4 Å². The lowest BCUT2D eigenvalue weighted by Crippen LogP contribution is -2.21. The number of carbonyl (C=O) groups is 1. The van der Waals surface area contributed by atoms with Crippen LogP contribution in [0, 0.1) is 0 Å². The first-order valence-corrected chi connectivity index (χ1v) is 5.58. The number of nitrogens with zero attached hydrogens (tertiary/aromatic N) is 1. The molecule has 0 amide bonds. The summed E-state index contributed by atoms with van der Waals surface area (Å²) < 4.78 is 0. The highest BCUT2D eigenvalue weighted by molar-refractivity contribution is 9.09. The molecule has 0 radical (unpaired) electrons. The Hall–Kier alpha value is -0.780. The van der Waals surface area contributed by atoms with Gasteiger partial charge in [-0.2, -0.15) is 0 Å². The maximum Gasteiger partial charge on any atom is 0.178 e. The van der Waals surface area contributed by atoms with Gasteiger partial charge < -0.3 is 10.2 Å². The summed E-state index contributed by atoms with van der Waals surface area (Å²) in [6.07, 6.45) is -2.01. The van der Waals surface area contributed by atoms with Gasteiger partial charge in [0.05, 0.1) is 11.8 Å². The van der Waals surface area contributed by atoms with Crippen LogP contribution >= 0.6 is 15.9 Å². The smallest absolute Gasteiger partial charge is 0.178 e. The molecule has 15 heavy (non-hydrogen) atoms. The topological polar surface area (TPSA) is 70.4 Å². The SMILES string of the molecule is CC(=O)c1cccc(C(O)C(O)CBr)n1. The zero-order valence-corrected chi connectivity index (χ0v) is 9.81. The van der Waals surface area contributed by atoms with E-state index in [9.17, 15) is 15.0 Å². The van der Waals surface area contributed by atoms with Gasteiger partial charge in [0.15, 0.2) is 5.78 Å². The third-order valence-electron chi connectivity index (χ3n) is 1.96. The fourth-order valence-electron chi connectivity index (χ4n) is 1.09. The van der Waals surface area contributed by atoms with E-state index in [0.717, 1.165) is 0 Å². The Balaban J connectivity index is 2.94. The lowest BCUT2D eigenvalue weighted by molar-refractivity contribution is 0.0314. The number of ketones is 1.